The number of carboxylic acid groups (broad SMARTS) is 2. The minimum atomic E-state index is -1.08. The maximum atomic E-state index is 14.2. The van der Waals surface area contributed by atoms with Crippen molar-refractivity contribution >= 4 is 35.5 Å². The number of quaternary nitrogens is 1. The summed E-state index contributed by atoms with van der Waals surface area (Å²) in [6, 6.07) is 5.28. The summed E-state index contributed by atoms with van der Waals surface area (Å²) < 4.78 is 19.2. The molecule has 1 saturated heterocycles. The standard InChI is InChI=1S/C24H36FN7O.C4H6O4/c1-3-32-13-7-10-19(32)16-27-23-29-22(26-15-17-8-5-4-6-9-17)30-24(31-23)28-18-11-12-21(33-2)20(25)14-18;5-3(6)1-2-4(7)8/h11-12,14,17,19H,3-10,13,15-16H2,1-2H3,(H3,26,27,28,29,30,31);1-2H2,(H,5,6)(H,7,8)/p+1. The molecule has 1 aliphatic carbocycles. The Morgan fingerprint density at radius 3 is 2.17 bits per heavy atom. The van der Waals surface area contributed by atoms with E-state index in [0.29, 0.717) is 35.5 Å². The second kappa shape index (κ2) is 16.5. The predicted molar refractivity (Wildman–Crippen MR) is 154 cm³/mol. The predicted octanol–water partition coefficient (Wildman–Crippen LogP) is 3.17. The van der Waals surface area contributed by atoms with E-state index < -0.39 is 17.8 Å². The first-order valence-corrected chi connectivity index (χ1v) is 14.4. The number of rotatable bonds is 13. The lowest BCUT2D eigenvalue weighted by Gasteiger charge is -2.22. The number of hydrogen-bond acceptors (Lipinski definition) is 9. The van der Waals surface area contributed by atoms with E-state index in [4.69, 9.17) is 14.9 Å². The van der Waals surface area contributed by atoms with E-state index >= 15 is 0 Å². The van der Waals surface area contributed by atoms with Crippen LogP contribution in [0, 0.1) is 11.7 Å². The van der Waals surface area contributed by atoms with Crippen molar-refractivity contribution in [3.8, 4) is 5.75 Å². The first kappa shape index (κ1) is 31.8. The Morgan fingerprint density at radius 1 is 0.951 bits per heavy atom. The van der Waals surface area contributed by atoms with Gasteiger partial charge in [0.15, 0.2) is 11.6 Å². The molecule has 0 amide bonds. The number of hydrogen-bond donors (Lipinski definition) is 6. The number of nitrogens with one attached hydrogen (secondary N) is 4. The van der Waals surface area contributed by atoms with Crippen LogP contribution >= 0.6 is 0 Å². The SMILES string of the molecule is CC[NH+]1CCCC1CNc1nc(NCC2CCCCC2)nc(Nc2ccc(OC)c(F)c2)n1.O=C(O)CCC(=O)O. The van der Waals surface area contributed by atoms with E-state index in [0.717, 1.165) is 19.6 Å². The van der Waals surface area contributed by atoms with Gasteiger partial charge in [-0.25, -0.2) is 4.39 Å². The highest BCUT2D eigenvalue weighted by Crippen LogP contribution is 2.25. The lowest BCUT2D eigenvalue weighted by atomic mass is 9.89. The van der Waals surface area contributed by atoms with Crippen LogP contribution in [0.2, 0.25) is 0 Å². The molecule has 2 heterocycles. The van der Waals surface area contributed by atoms with Crippen LogP contribution in [0.4, 0.5) is 27.9 Å². The van der Waals surface area contributed by atoms with Crippen molar-refractivity contribution in [2.75, 3.05) is 49.2 Å². The molecular weight excluding hydrogens is 533 g/mol. The molecule has 1 saturated carbocycles. The van der Waals surface area contributed by atoms with E-state index in [9.17, 15) is 14.0 Å². The molecule has 1 aromatic carbocycles. The molecule has 2 fully saturated rings. The number of ether oxygens (including phenoxy) is 1. The molecule has 2 aliphatic rings. The van der Waals surface area contributed by atoms with Crippen molar-refractivity contribution in [2.24, 2.45) is 5.92 Å². The van der Waals surface area contributed by atoms with Gasteiger partial charge in [0.1, 0.15) is 6.04 Å². The molecule has 41 heavy (non-hydrogen) atoms. The average Bonchev–Trinajstić information content (AvgIpc) is 3.43. The molecule has 226 valence electrons. The van der Waals surface area contributed by atoms with Crippen molar-refractivity contribution in [2.45, 2.75) is 70.8 Å². The fourth-order valence-corrected chi connectivity index (χ4v) is 5.21. The van der Waals surface area contributed by atoms with Crippen molar-refractivity contribution in [1.82, 2.24) is 15.0 Å². The van der Waals surface area contributed by atoms with Gasteiger partial charge >= 0.3 is 11.9 Å². The first-order valence-electron chi connectivity index (χ1n) is 14.4. The van der Waals surface area contributed by atoms with Gasteiger partial charge in [-0.1, -0.05) is 19.3 Å². The summed E-state index contributed by atoms with van der Waals surface area (Å²) in [6.07, 6.45) is 8.30. The van der Waals surface area contributed by atoms with Crippen molar-refractivity contribution in [3.63, 3.8) is 0 Å². The number of carbonyl (C=O) groups is 2. The molecule has 12 nitrogen and oxygen atoms in total. The quantitative estimate of drug-likeness (QED) is 0.208. The zero-order valence-corrected chi connectivity index (χ0v) is 23.9. The summed E-state index contributed by atoms with van der Waals surface area (Å²) in [5.74, 6) is -0.272. The van der Waals surface area contributed by atoms with Gasteiger partial charge in [-0.3, -0.25) is 9.59 Å². The Balaban J connectivity index is 0.000000507. The van der Waals surface area contributed by atoms with Gasteiger partial charge in [0.2, 0.25) is 17.8 Å². The van der Waals surface area contributed by atoms with Crippen LogP contribution in [-0.2, 0) is 9.59 Å². The number of halogens is 1. The van der Waals surface area contributed by atoms with Crippen LogP contribution in [-0.4, -0.2) is 76.4 Å². The number of benzene rings is 1. The highest BCUT2D eigenvalue weighted by atomic mass is 19.1. The van der Waals surface area contributed by atoms with E-state index in [1.165, 1.54) is 64.7 Å². The lowest BCUT2D eigenvalue weighted by molar-refractivity contribution is -0.908. The number of aromatic nitrogens is 3. The molecule has 2 aromatic rings. The molecule has 0 bridgehead atoms. The lowest BCUT2D eigenvalue weighted by Crippen LogP contribution is -3.14. The normalized spacial score (nSPS) is 18.6. The minimum Gasteiger partial charge on any atom is -0.494 e. The maximum Gasteiger partial charge on any atom is 0.303 e. The summed E-state index contributed by atoms with van der Waals surface area (Å²) in [5, 5.41) is 25.8. The second-order valence-electron chi connectivity index (χ2n) is 10.4. The largest absolute Gasteiger partial charge is 0.494 e. The Labute approximate surface area is 240 Å². The van der Waals surface area contributed by atoms with Crippen LogP contribution in [0.15, 0.2) is 18.2 Å². The van der Waals surface area contributed by atoms with Gasteiger partial charge in [-0.2, -0.15) is 15.0 Å². The van der Waals surface area contributed by atoms with Gasteiger partial charge < -0.3 is 35.8 Å². The van der Waals surface area contributed by atoms with Crippen molar-refractivity contribution < 1.29 is 33.8 Å². The Kier molecular flexibility index (Phi) is 12.8. The molecular formula is C28H43FN7O5+. The van der Waals surface area contributed by atoms with Crippen LogP contribution in [0.25, 0.3) is 0 Å². The van der Waals surface area contributed by atoms with E-state index in [1.807, 2.05) is 0 Å². The van der Waals surface area contributed by atoms with E-state index in [2.05, 4.69) is 37.8 Å². The summed E-state index contributed by atoms with van der Waals surface area (Å²) in [6.45, 7) is 6.28. The molecule has 4 rings (SSSR count). The molecule has 6 N–H and O–H groups in total. The van der Waals surface area contributed by atoms with Gasteiger partial charge in [0.05, 0.1) is 39.6 Å². The zero-order chi connectivity index (χ0) is 29.6. The van der Waals surface area contributed by atoms with E-state index in [1.54, 1.807) is 17.0 Å². The number of anilines is 4. The van der Waals surface area contributed by atoms with Crippen LogP contribution in [0.3, 0.4) is 0 Å². The fraction of sp³-hybridized carbons (Fsp3) is 0.607. The van der Waals surface area contributed by atoms with Crippen LogP contribution in [0.1, 0.15) is 64.7 Å². The molecule has 0 radical (unpaired) electrons. The number of likely N-dealkylation sites (N-methyl/N-ethyl adjacent to an activating group) is 1. The fourth-order valence-electron chi connectivity index (χ4n) is 5.21. The molecule has 1 aliphatic heterocycles. The Hall–Kier alpha value is -3.74. The Morgan fingerprint density at radius 2 is 1.59 bits per heavy atom. The third kappa shape index (κ3) is 11.0. The minimum absolute atomic E-state index is 0.202. The number of likely N-dealkylation sites (tertiary alicyclic amines) is 1. The second-order valence-corrected chi connectivity index (χ2v) is 10.4. The zero-order valence-electron chi connectivity index (χ0n) is 23.9. The van der Waals surface area contributed by atoms with Gasteiger partial charge in [0, 0.05) is 31.1 Å². The monoisotopic (exact) mass is 576 g/mol. The number of carboxylic acids is 2. The molecule has 13 heteroatoms. The molecule has 1 aromatic heterocycles. The number of nitrogens with zero attached hydrogens (tertiary/aromatic N) is 3. The summed E-state index contributed by atoms with van der Waals surface area (Å²) >= 11 is 0. The summed E-state index contributed by atoms with van der Waals surface area (Å²) in [7, 11) is 1.45. The van der Waals surface area contributed by atoms with Gasteiger partial charge in [-0.05, 0) is 37.8 Å². The van der Waals surface area contributed by atoms with E-state index in [-0.39, 0.29) is 18.6 Å². The number of aliphatic carboxylic acids is 2. The third-order valence-electron chi connectivity index (χ3n) is 7.46. The smallest absolute Gasteiger partial charge is 0.303 e. The number of methoxy groups -OCH3 is 1. The van der Waals surface area contributed by atoms with Gasteiger partial charge in [0.25, 0.3) is 0 Å². The van der Waals surface area contributed by atoms with Gasteiger partial charge in [-0.15, -0.1) is 0 Å². The molecule has 2 atom stereocenters. The highest BCUT2D eigenvalue weighted by Gasteiger charge is 2.27. The Bertz CT molecular complexity index is 1120. The topological polar surface area (TPSA) is 163 Å². The third-order valence-corrected chi connectivity index (χ3v) is 7.46. The van der Waals surface area contributed by atoms with Crippen molar-refractivity contribution in [1.29, 1.82) is 0 Å². The van der Waals surface area contributed by atoms with Crippen LogP contribution < -0.4 is 25.6 Å². The molecule has 2 unspecified atom stereocenters. The van der Waals surface area contributed by atoms with Crippen LogP contribution in [0.5, 0.6) is 5.75 Å². The average molecular weight is 577 g/mol. The molecule has 0 spiro atoms. The summed E-state index contributed by atoms with van der Waals surface area (Å²) in [5.41, 5.74) is 0.557. The maximum absolute atomic E-state index is 14.2. The van der Waals surface area contributed by atoms with Crippen molar-refractivity contribution in [3.05, 3.63) is 24.0 Å². The highest BCUT2D eigenvalue weighted by molar-refractivity contribution is 5.75. The first-order chi connectivity index (χ1) is 19.8. The summed E-state index contributed by atoms with van der Waals surface area (Å²) in [4.78, 5) is 34.6.